The molecule has 2 amide bonds. The van der Waals surface area contributed by atoms with E-state index in [9.17, 15) is 9.59 Å². The normalized spacial score (nSPS) is 21.0. The van der Waals surface area contributed by atoms with Crippen LogP contribution < -0.4 is 4.90 Å². The lowest BCUT2D eigenvalue weighted by Gasteiger charge is -2.34. The Morgan fingerprint density at radius 1 is 1.06 bits per heavy atom. The van der Waals surface area contributed by atoms with Gasteiger partial charge >= 0.3 is 0 Å². The average Bonchev–Trinajstić information content (AvgIpc) is 3.59. The van der Waals surface area contributed by atoms with Crippen LogP contribution in [0.2, 0.25) is 0 Å². The van der Waals surface area contributed by atoms with Gasteiger partial charge in [-0.25, -0.2) is 19.9 Å². The fraction of sp³-hybridized carbons (Fsp3) is 0.583. The van der Waals surface area contributed by atoms with Gasteiger partial charge in [-0.3, -0.25) is 14.5 Å². The third-order valence-electron chi connectivity index (χ3n) is 6.90. The molecule has 2 aromatic heterocycles. The van der Waals surface area contributed by atoms with Crippen molar-refractivity contribution in [2.24, 2.45) is 5.92 Å². The second-order valence-corrected chi connectivity index (χ2v) is 9.42. The maximum absolute atomic E-state index is 13.2. The topological polar surface area (TPSA) is 92.2 Å². The summed E-state index contributed by atoms with van der Waals surface area (Å²) in [7, 11) is 0. The molecule has 0 bridgehead atoms. The number of anilines is 1. The molecule has 1 saturated heterocycles. The molecular formula is C24H30N6O2. The van der Waals surface area contributed by atoms with Gasteiger partial charge in [0, 0.05) is 49.4 Å². The van der Waals surface area contributed by atoms with Gasteiger partial charge in [0.2, 0.25) is 5.91 Å². The Morgan fingerprint density at radius 3 is 2.62 bits per heavy atom. The SMILES string of the molecule is Cc1ncc(C(=O)N2CCC[C@H](c3nc(C)c4c(n3)N(CC3CC3)C(=O)CC4)C2)c(C)n1. The van der Waals surface area contributed by atoms with Gasteiger partial charge in [-0.2, -0.15) is 0 Å². The summed E-state index contributed by atoms with van der Waals surface area (Å²) in [5, 5.41) is 0. The van der Waals surface area contributed by atoms with Crippen LogP contribution in [0.4, 0.5) is 5.82 Å². The first-order valence-corrected chi connectivity index (χ1v) is 11.7. The quantitative estimate of drug-likeness (QED) is 0.735. The Balaban J connectivity index is 1.41. The molecule has 1 atom stereocenters. The minimum atomic E-state index is -0.0348. The van der Waals surface area contributed by atoms with Crippen molar-refractivity contribution in [3.05, 3.63) is 40.4 Å². The summed E-state index contributed by atoms with van der Waals surface area (Å²) in [5.74, 6) is 3.03. The molecule has 5 rings (SSSR count). The highest BCUT2D eigenvalue weighted by Crippen LogP contribution is 2.36. The summed E-state index contributed by atoms with van der Waals surface area (Å²) in [6.45, 7) is 7.74. The van der Waals surface area contributed by atoms with Gasteiger partial charge in [0.15, 0.2) is 0 Å². The van der Waals surface area contributed by atoms with Crippen LogP contribution in [0.25, 0.3) is 0 Å². The van der Waals surface area contributed by atoms with Crippen molar-refractivity contribution in [1.82, 2.24) is 24.8 Å². The predicted molar refractivity (Wildman–Crippen MR) is 120 cm³/mol. The summed E-state index contributed by atoms with van der Waals surface area (Å²) in [6.07, 6.45) is 7.09. The largest absolute Gasteiger partial charge is 0.338 e. The number of aromatic nitrogens is 4. The van der Waals surface area contributed by atoms with Gasteiger partial charge in [-0.05, 0) is 58.8 Å². The zero-order valence-electron chi connectivity index (χ0n) is 19.1. The van der Waals surface area contributed by atoms with E-state index < -0.39 is 0 Å². The number of nitrogens with zero attached hydrogens (tertiary/aromatic N) is 6. The molecule has 0 spiro atoms. The molecule has 32 heavy (non-hydrogen) atoms. The molecule has 1 saturated carbocycles. The molecule has 2 aromatic rings. The molecule has 3 aliphatic rings. The molecule has 8 nitrogen and oxygen atoms in total. The highest BCUT2D eigenvalue weighted by molar-refractivity contribution is 5.96. The molecule has 0 aromatic carbocycles. The second kappa shape index (κ2) is 8.22. The van der Waals surface area contributed by atoms with Crippen LogP contribution in [0.3, 0.4) is 0 Å². The number of hydrogen-bond acceptors (Lipinski definition) is 6. The van der Waals surface area contributed by atoms with Crippen LogP contribution in [0.5, 0.6) is 0 Å². The number of rotatable bonds is 4. The lowest BCUT2D eigenvalue weighted by Crippen LogP contribution is -2.41. The van der Waals surface area contributed by atoms with Crippen molar-refractivity contribution in [3.8, 4) is 0 Å². The summed E-state index contributed by atoms with van der Waals surface area (Å²) in [6, 6.07) is 0. The van der Waals surface area contributed by atoms with E-state index in [1.807, 2.05) is 30.6 Å². The van der Waals surface area contributed by atoms with Crippen molar-refractivity contribution in [3.63, 3.8) is 0 Å². The predicted octanol–water partition coefficient (Wildman–Crippen LogP) is 2.90. The Labute approximate surface area is 188 Å². The van der Waals surface area contributed by atoms with Crippen molar-refractivity contribution in [2.45, 2.75) is 65.2 Å². The van der Waals surface area contributed by atoms with E-state index in [4.69, 9.17) is 9.97 Å². The van der Waals surface area contributed by atoms with Gasteiger partial charge in [-0.15, -0.1) is 0 Å². The minimum absolute atomic E-state index is 0.0348. The zero-order valence-corrected chi connectivity index (χ0v) is 19.1. The number of fused-ring (bicyclic) bond motifs is 1. The molecule has 8 heteroatoms. The maximum Gasteiger partial charge on any atom is 0.257 e. The maximum atomic E-state index is 13.2. The van der Waals surface area contributed by atoms with Gasteiger partial charge in [0.05, 0.1) is 11.3 Å². The first-order chi connectivity index (χ1) is 15.4. The number of carbonyl (C=O) groups is 2. The molecule has 4 heterocycles. The van der Waals surface area contributed by atoms with Crippen LogP contribution in [0.1, 0.15) is 77.0 Å². The minimum Gasteiger partial charge on any atom is -0.338 e. The second-order valence-electron chi connectivity index (χ2n) is 9.42. The summed E-state index contributed by atoms with van der Waals surface area (Å²) >= 11 is 0. The average molecular weight is 435 g/mol. The molecule has 0 radical (unpaired) electrons. The van der Waals surface area contributed by atoms with E-state index in [0.717, 1.165) is 42.3 Å². The highest BCUT2D eigenvalue weighted by atomic mass is 16.2. The summed E-state index contributed by atoms with van der Waals surface area (Å²) in [4.78, 5) is 48.0. The molecule has 2 fully saturated rings. The van der Waals surface area contributed by atoms with Crippen LogP contribution >= 0.6 is 0 Å². The van der Waals surface area contributed by atoms with Crippen molar-refractivity contribution in [2.75, 3.05) is 24.5 Å². The van der Waals surface area contributed by atoms with Crippen molar-refractivity contribution in [1.29, 1.82) is 0 Å². The first kappa shape index (κ1) is 21.0. The van der Waals surface area contributed by atoms with Gasteiger partial charge < -0.3 is 4.90 Å². The van der Waals surface area contributed by atoms with E-state index in [2.05, 4.69) is 9.97 Å². The standard InChI is InChI=1S/C24H30N6O2/c1-14-19-8-9-21(31)30(12-17-6-7-17)23(19)28-22(27-14)18-5-4-10-29(13-18)24(32)20-11-25-16(3)26-15(20)2/h11,17-18H,4-10,12-13H2,1-3H3/t18-/m0/s1. The first-order valence-electron chi connectivity index (χ1n) is 11.7. The van der Waals surface area contributed by atoms with Crippen LogP contribution in [0.15, 0.2) is 6.20 Å². The number of hydrogen-bond donors (Lipinski definition) is 0. The van der Waals surface area contributed by atoms with Gasteiger partial charge in [-0.1, -0.05) is 0 Å². The number of amides is 2. The fourth-order valence-corrected chi connectivity index (χ4v) is 4.87. The lowest BCUT2D eigenvalue weighted by atomic mass is 9.95. The highest BCUT2D eigenvalue weighted by Gasteiger charge is 2.35. The van der Waals surface area contributed by atoms with Crippen molar-refractivity contribution < 1.29 is 9.59 Å². The van der Waals surface area contributed by atoms with Crippen LogP contribution in [-0.4, -0.2) is 56.3 Å². The van der Waals surface area contributed by atoms with E-state index in [0.29, 0.717) is 48.9 Å². The Bertz CT molecular complexity index is 1080. The molecule has 2 aliphatic heterocycles. The summed E-state index contributed by atoms with van der Waals surface area (Å²) < 4.78 is 0. The lowest BCUT2D eigenvalue weighted by molar-refractivity contribution is -0.119. The number of likely N-dealkylation sites (tertiary alicyclic amines) is 1. The Kier molecular flexibility index (Phi) is 5.39. The number of piperidine rings is 1. The van der Waals surface area contributed by atoms with E-state index in [1.165, 1.54) is 12.8 Å². The zero-order chi connectivity index (χ0) is 22.4. The third kappa shape index (κ3) is 3.98. The Hall–Kier alpha value is -2.90. The monoisotopic (exact) mass is 434 g/mol. The van der Waals surface area contributed by atoms with Crippen LogP contribution in [0, 0.1) is 26.7 Å². The van der Waals surface area contributed by atoms with Gasteiger partial charge in [0.1, 0.15) is 17.5 Å². The molecular weight excluding hydrogens is 404 g/mol. The number of carbonyl (C=O) groups excluding carboxylic acids is 2. The molecule has 1 aliphatic carbocycles. The number of aryl methyl sites for hydroxylation is 3. The van der Waals surface area contributed by atoms with Crippen LogP contribution in [-0.2, 0) is 11.2 Å². The van der Waals surface area contributed by atoms with E-state index in [-0.39, 0.29) is 17.7 Å². The smallest absolute Gasteiger partial charge is 0.257 e. The molecule has 0 unspecified atom stereocenters. The fourth-order valence-electron chi connectivity index (χ4n) is 4.87. The third-order valence-corrected chi connectivity index (χ3v) is 6.90. The summed E-state index contributed by atoms with van der Waals surface area (Å²) in [5.41, 5.74) is 3.33. The molecule has 0 N–H and O–H groups in total. The van der Waals surface area contributed by atoms with Gasteiger partial charge in [0.25, 0.3) is 5.91 Å². The molecule has 168 valence electrons. The Morgan fingerprint density at radius 2 is 1.88 bits per heavy atom. The van der Waals surface area contributed by atoms with Crippen molar-refractivity contribution >= 4 is 17.6 Å². The van der Waals surface area contributed by atoms with E-state index >= 15 is 0 Å². The van der Waals surface area contributed by atoms with E-state index in [1.54, 1.807) is 6.20 Å².